The molecule has 0 atom stereocenters. The van der Waals surface area contributed by atoms with Crippen LogP contribution in [0.5, 0.6) is 11.5 Å². The lowest BCUT2D eigenvalue weighted by Gasteiger charge is -2.23. The summed E-state index contributed by atoms with van der Waals surface area (Å²) in [5, 5.41) is 1.22. The molecule has 0 aliphatic carbocycles. The molecule has 0 saturated carbocycles. The molecule has 1 aliphatic heterocycles. The molecule has 0 spiro atoms. The SMILES string of the molecule is Cc1cc(C)c2cc(CN(Cc3ccc4c(c3)OCO4)S(=O)(=O)c3ccc(C)c(Cl)c3)c(=O)[nH]c2c1. The Morgan fingerprint density at radius 2 is 1.69 bits per heavy atom. The van der Waals surface area contributed by atoms with Gasteiger partial charge in [-0.2, -0.15) is 4.31 Å². The maximum absolute atomic E-state index is 13.8. The number of aromatic nitrogens is 1. The second kappa shape index (κ2) is 9.28. The van der Waals surface area contributed by atoms with Crippen molar-refractivity contribution in [1.82, 2.24) is 9.29 Å². The van der Waals surface area contributed by atoms with Gasteiger partial charge < -0.3 is 14.5 Å². The summed E-state index contributed by atoms with van der Waals surface area (Å²) < 4.78 is 39.8. The van der Waals surface area contributed by atoms with Gasteiger partial charge in [-0.3, -0.25) is 4.79 Å². The Bertz CT molecular complexity index is 1660. The topological polar surface area (TPSA) is 88.7 Å². The van der Waals surface area contributed by atoms with E-state index >= 15 is 0 Å². The Labute approximate surface area is 214 Å². The third-order valence-electron chi connectivity index (χ3n) is 6.31. The Hall–Kier alpha value is -3.33. The van der Waals surface area contributed by atoms with Crippen LogP contribution in [-0.2, 0) is 23.1 Å². The fraction of sp³-hybridized carbons (Fsp3) is 0.222. The fourth-order valence-electron chi connectivity index (χ4n) is 4.38. The van der Waals surface area contributed by atoms with E-state index in [2.05, 4.69) is 4.98 Å². The molecule has 0 bridgehead atoms. The molecule has 1 N–H and O–H groups in total. The van der Waals surface area contributed by atoms with Crippen LogP contribution in [-0.4, -0.2) is 24.5 Å². The molecular formula is C27H25ClN2O5S. The Kier molecular flexibility index (Phi) is 6.28. The molecule has 0 saturated heterocycles. The first-order valence-corrected chi connectivity index (χ1v) is 13.2. The number of ether oxygens (including phenoxy) is 2. The molecule has 186 valence electrons. The number of nitrogens with zero attached hydrogens (tertiary/aromatic N) is 1. The maximum Gasteiger partial charge on any atom is 0.252 e. The number of rotatable bonds is 6. The van der Waals surface area contributed by atoms with Crippen molar-refractivity contribution in [3.8, 4) is 11.5 Å². The van der Waals surface area contributed by atoms with Gasteiger partial charge in [-0.05, 0) is 79.4 Å². The lowest BCUT2D eigenvalue weighted by atomic mass is 10.0. The average molecular weight is 525 g/mol. The number of sulfonamides is 1. The molecule has 0 unspecified atom stereocenters. The average Bonchev–Trinajstić information content (AvgIpc) is 3.29. The monoisotopic (exact) mass is 524 g/mol. The Morgan fingerprint density at radius 3 is 2.47 bits per heavy atom. The summed E-state index contributed by atoms with van der Waals surface area (Å²) in [5.74, 6) is 1.16. The first-order valence-electron chi connectivity index (χ1n) is 11.4. The molecule has 0 amide bonds. The largest absolute Gasteiger partial charge is 0.454 e. The van der Waals surface area contributed by atoms with Crippen LogP contribution in [0, 0.1) is 20.8 Å². The Balaban J connectivity index is 1.59. The van der Waals surface area contributed by atoms with Crippen LogP contribution in [0.15, 0.2) is 64.3 Å². The number of pyridine rings is 1. The smallest absolute Gasteiger partial charge is 0.252 e. The standard InChI is InChI=1S/C27H25ClN2O5S/c1-16-8-18(3)22-11-20(27(31)29-24(22)9-16)14-30(13-19-5-7-25-26(10-19)35-15-34-25)36(32,33)21-6-4-17(2)23(28)12-21/h4-12H,13-15H2,1-3H3,(H,29,31). The van der Waals surface area contributed by atoms with Crippen LogP contribution >= 0.6 is 11.6 Å². The van der Waals surface area contributed by atoms with Gasteiger partial charge in [0.1, 0.15) is 0 Å². The van der Waals surface area contributed by atoms with E-state index < -0.39 is 10.0 Å². The van der Waals surface area contributed by atoms with Gasteiger partial charge in [0.25, 0.3) is 5.56 Å². The second-order valence-corrected chi connectivity index (χ2v) is 11.4. The minimum atomic E-state index is -4.01. The van der Waals surface area contributed by atoms with E-state index in [4.69, 9.17) is 21.1 Å². The van der Waals surface area contributed by atoms with Crippen LogP contribution in [0.3, 0.4) is 0 Å². The normalized spacial score (nSPS) is 13.0. The van der Waals surface area contributed by atoms with Crippen molar-refractivity contribution < 1.29 is 17.9 Å². The number of hydrogen-bond donors (Lipinski definition) is 1. The van der Waals surface area contributed by atoms with Gasteiger partial charge in [0.2, 0.25) is 16.8 Å². The van der Waals surface area contributed by atoms with E-state index in [9.17, 15) is 13.2 Å². The van der Waals surface area contributed by atoms with Crippen molar-refractivity contribution in [3.05, 3.63) is 97.8 Å². The van der Waals surface area contributed by atoms with Crippen molar-refractivity contribution in [2.24, 2.45) is 0 Å². The van der Waals surface area contributed by atoms with Gasteiger partial charge in [0.15, 0.2) is 11.5 Å². The number of H-pyrrole nitrogens is 1. The highest BCUT2D eigenvalue weighted by molar-refractivity contribution is 7.89. The lowest BCUT2D eigenvalue weighted by Crippen LogP contribution is -2.32. The van der Waals surface area contributed by atoms with Gasteiger partial charge in [-0.1, -0.05) is 29.8 Å². The molecule has 4 aromatic rings. The van der Waals surface area contributed by atoms with Gasteiger partial charge in [-0.15, -0.1) is 0 Å². The van der Waals surface area contributed by atoms with E-state index in [1.807, 2.05) is 32.9 Å². The fourth-order valence-corrected chi connectivity index (χ4v) is 6.05. The molecule has 1 aromatic heterocycles. The van der Waals surface area contributed by atoms with Crippen LogP contribution in [0.1, 0.15) is 27.8 Å². The highest BCUT2D eigenvalue weighted by atomic mass is 35.5. The zero-order valence-electron chi connectivity index (χ0n) is 20.1. The Morgan fingerprint density at radius 1 is 0.917 bits per heavy atom. The number of hydrogen-bond acceptors (Lipinski definition) is 5. The summed E-state index contributed by atoms with van der Waals surface area (Å²) in [6.07, 6.45) is 0. The summed E-state index contributed by atoms with van der Waals surface area (Å²) in [5.41, 5.74) is 4.23. The minimum Gasteiger partial charge on any atom is -0.454 e. The van der Waals surface area contributed by atoms with E-state index in [-0.39, 0.29) is 30.3 Å². The van der Waals surface area contributed by atoms with Crippen molar-refractivity contribution in [2.45, 2.75) is 38.8 Å². The number of nitrogens with one attached hydrogen (secondary N) is 1. The van der Waals surface area contributed by atoms with E-state index in [0.29, 0.717) is 27.6 Å². The molecule has 3 aromatic carbocycles. The van der Waals surface area contributed by atoms with Gasteiger partial charge >= 0.3 is 0 Å². The van der Waals surface area contributed by atoms with Crippen LogP contribution < -0.4 is 15.0 Å². The molecule has 7 nitrogen and oxygen atoms in total. The van der Waals surface area contributed by atoms with Gasteiger partial charge in [-0.25, -0.2) is 8.42 Å². The number of fused-ring (bicyclic) bond motifs is 2. The van der Waals surface area contributed by atoms with Crippen LogP contribution in [0.4, 0.5) is 0 Å². The summed E-state index contributed by atoms with van der Waals surface area (Å²) in [7, 11) is -4.01. The zero-order valence-corrected chi connectivity index (χ0v) is 21.7. The first kappa shape index (κ1) is 24.4. The quantitative estimate of drug-likeness (QED) is 0.373. The molecule has 2 heterocycles. The number of aromatic amines is 1. The van der Waals surface area contributed by atoms with E-state index in [1.165, 1.54) is 16.4 Å². The summed E-state index contributed by atoms with van der Waals surface area (Å²) in [6.45, 7) is 5.75. The van der Waals surface area contributed by atoms with Crippen LogP contribution in [0.2, 0.25) is 5.02 Å². The molecule has 36 heavy (non-hydrogen) atoms. The third-order valence-corrected chi connectivity index (χ3v) is 8.51. The highest BCUT2D eigenvalue weighted by Gasteiger charge is 2.27. The second-order valence-electron chi connectivity index (χ2n) is 9.04. The summed E-state index contributed by atoms with van der Waals surface area (Å²) in [4.78, 5) is 16.0. The van der Waals surface area contributed by atoms with Gasteiger partial charge in [0.05, 0.1) is 4.90 Å². The van der Waals surface area contributed by atoms with Crippen molar-refractivity contribution in [2.75, 3.05) is 6.79 Å². The molecule has 5 rings (SSSR count). The third kappa shape index (κ3) is 4.59. The number of halogens is 1. The predicted molar refractivity (Wildman–Crippen MR) is 139 cm³/mol. The molecular weight excluding hydrogens is 500 g/mol. The van der Waals surface area contributed by atoms with E-state index in [0.717, 1.165) is 27.6 Å². The lowest BCUT2D eigenvalue weighted by molar-refractivity contribution is 0.174. The van der Waals surface area contributed by atoms with Crippen molar-refractivity contribution in [3.63, 3.8) is 0 Å². The van der Waals surface area contributed by atoms with Crippen LogP contribution in [0.25, 0.3) is 10.9 Å². The predicted octanol–water partition coefficient (Wildman–Crippen LogP) is 5.23. The summed E-state index contributed by atoms with van der Waals surface area (Å²) in [6, 6.07) is 15.6. The molecule has 0 fully saturated rings. The zero-order chi connectivity index (χ0) is 25.6. The molecule has 9 heteroatoms. The van der Waals surface area contributed by atoms with E-state index in [1.54, 1.807) is 30.3 Å². The number of aryl methyl sites for hydroxylation is 3. The number of benzene rings is 3. The molecule has 1 aliphatic rings. The van der Waals surface area contributed by atoms with Gasteiger partial charge in [0, 0.05) is 34.6 Å². The minimum absolute atomic E-state index is 0.0226. The maximum atomic E-state index is 13.8. The van der Waals surface area contributed by atoms with Crippen molar-refractivity contribution >= 4 is 32.5 Å². The van der Waals surface area contributed by atoms with Crippen molar-refractivity contribution in [1.29, 1.82) is 0 Å². The highest BCUT2D eigenvalue weighted by Crippen LogP contribution is 2.34. The molecule has 0 radical (unpaired) electrons. The first-order chi connectivity index (χ1) is 17.1. The summed E-state index contributed by atoms with van der Waals surface area (Å²) >= 11 is 6.26.